The molecule has 2 amide bonds. The summed E-state index contributed by atoms with van der Waals surface area (Å²) in [5, 5.41) is 18.3. The highest BCUT2D eigenvalue weighted by atomic mass is 16.5. The number of aliphatic carboxylic acids is 1. The molecule has 1 heterocycles. The van der Waals surface area contributed by atoms with Crippen LogP contribution in [0.1, 0.15) is 40.9 Å². The van der Waals surface area contributed by atoms with E-state index in [0.717, 1.165) is 22.3 Å². The number of fused-ring (bicyclic) bond motifs is 3. The summed E-state index contributed by atoms with van der Waals surface area (Å²) in [4.78, 5) is 36.8. The van der Waals surface area contributed by atoms with Crippen LogP contribution in [-0.2, 0) is 16.6 Å². The monoisotopic (exact) mass is 472 g/mol. The first-order valence-electron chi connectivity index (χ1n) is 11.0. The van der Waals surface area contributed by atoms with Crippen molar-refractivity contribution in [2.75, 3.05) is 11.9 Å². The number of anilines is 1. The zero-order chi connectivity index (χ0) is 24.9. The molecule has 0 aliphatic heterocycles. The Hall–Kier alpha value is -4.58. The number of nitrogens with one attached hydrogen (secondary N) is 2. The van der Waals surface area contributed by atoms with E-state index in [2.05, 4.69) is 27.6 Å². The Kier molecular flexibility index (Phi) is 6.83. The molecule has 2 aromatic carbocycles. The van der Waals surface area contributed by atoms with E-state index in [4.69, 9.17) is 4.74 Å². The highest BCUT2D eigenvalue weighted by Gasteiger charge is 2.29. The Morgan fingerprint density at radius 3 is 2.34 bits per heavy atom. The fourth-order valence-electron chi connectivity index (χ4n) is 4.12. The van der Waals surface area contributed by atoms with Gasteiger partial charge in [0.1, 0.15) is 12.6 Å². The number of aryl methyl sites for hydroxylation is 1. The van der Waals surface area contributed by atoms with Crippen LogP contribution in [0.25, 0.3) is 11.1 Å². The van der Waals surface area contributed by atoms with Gasteiger partial charge in [-0.1, -0.05) is 48.5 Å². The minimum atomic E-state index is -1.22. The number of hydrogen-bond acceptors (Lipinski definition) is 5. The van der Waals surface area contributed by atoms with Gasteiger partial charge in [0, 0.05) is 25.6 Å². The van der Waals surface area contributed by atoms with E-state index in [1.807, 2.05) is 48.5 Å². The Morgan fingerprint density at radius 2 is 1.74 bits per heavy atom. The standard InChI is InChI=1S/C26H24N4O5/c1-3-4-13-21(25(32)33)27-24(31)23-22(14-30(2)29-23)28-26(34)35-15-20-18-11-7-5-9-16(18)17-10-6-8-12-19(17)20/h5-12,14,20-21H,13,15H2,1-2H3,(H,27,31)(H,28,34)(H,32,33). The van der Waals surface area contributed by atoms with Crippen LogP contribution in [0.5, 0.6) is 0 Å². The van der Waals surface area contributed by atoms with Gasteiger partial charge in [-0.2, -0.15) is 5.10 Å². The van der Waals surface area contributed by atoms with Crippen molar-refractivity contribution >= 4 is 23.7 Å². The molecule has 1 aliphatic carbocycles. The van der Waals surface area contributed by atoms with E-state index in [-0.39, 0.29) is 30.3 Å². The van der Waals surface area contributed by atoms with Crippen LogP contribution < -0.4 is 10.6 Å². The molecule has 9 heteroatoms. The molecule has 1 aromatic heterocycles. The molecule has 1 atom stereocenters. The molecule has 0 saturated heterocycles. The molecule has 0 radical (unpaired) electrons. The molecule has 0 spiro atoms. The Balaban J connectivity index is 1.45. The number of carboxylic acid groups (broad SMARTS) is 1. The van der Waals surface area contributed by atoms with Gasteiger partial charge in [-0.15, -0.1) is 11.8 Å². The smallest absolute Gasteiger partial charge is 0.411 e. The molecule has 4 rings (SSSR count). The van der Waals surface area contributed by atoms with E-state index >= 15 is 0 Å². The largest absolute Gasteiger partial charge is 0.480 e. The number of hydrogen-bond donors (Lipinski definition) is 3. The van der Waals surface area contributed by atoms with Crippen molar-refractivity contribution < 1.29 is 24.2 Å². The third-order valence-electron chi connectivity index (χ3n) is 5.71. The number of carbonyl (C=O) groups is 3. The van der Waals surface area contributed by atoms with Crippen LogP contribution in [0.2, 0.25) is 0 Å². The van der Waals surface area contributed by atoms with E-state index in [9.17, 15) is 19.5 Å². The molecule has 0 bridgehead atoms. The Bertz CT molecular complexity index is 1310. The van der Waals surface area contributed by atoms with Gasteiger partial charge in [0.2, 0.25) is 0 Å². The lowest BCUT2D eigenvalue weighted by Crippen LogP contribution is -2.41. The van der Waals surface area contributed by atoms with Gasteiger partial charge in [-0.05, 0) is 29.2 Å². The van der Waals surface area contributed by atoms with Crippen LogP contribution in [0.15, 0.2) is 54.7 Å². The SMILES string of the molecule is CC#CCC(NC(=O)c1nn(C)cc1NC(=O)OCC1c2ccccc2-c2ccccc21)C(=O)O. The predicted octanol–water partition coefficient (Wildman–Crippen LogP) is 3.38. The van der Waals surface area contributed by atoms with Gasteiger partial charge in [0.15, 0.2) is 5.69 Å². The van der Waals surface area contributed by atoms with Crippen molar-refractivity contribution in [1.29, 1.82) is 0 Å². The van der Waals surface area contributed by atoms with Crippen molar-refractivity contribution in [3.8, 4) is 23.0 Å². The zero-order valence-electron chi connectivity index (χ0n) is 19.2. The van der Waals surface area contributed by atoms with Crippen LogP contribution in [0, 0.1) is 11.8 Å². The molecule has 178 valence electrons. The summed E-state index contributed by atoms with van der Waals surface area (Å²) in [6.45, 7) is 1.69. The second-order valence-corrected chi connectivity index (χ2v) is 8.01. The maximum atomic E-state index is 12.7. The summed E-state index contributed by atoms with van der Waals surface area (Å²) in [5.41, 5.74) is 4.37. The predicted molar refractivity (Wildman–Crippen MR) is 129 cm³/mol. The molecule has 9 nitrogen and oxygen atoms in total. The summed E-state index contributed by atoms with van der Waals surface area (Å²) in [6, 6.07) is 14.8. The van der Waals surface area contributed by atoms with Crippen molar-refractivity contribution in [1.82, 2.24) is 15.1 Å². The van der Waals surface area contributed by atoms with E-state index < -0.39 is 24.0 Å². The lowest BCUT2D eigenvalue weighted by Gasteiger charge is -2.15. The average Bonchev–Trinajstić information content (AvgIpc) is 3.37. The first-order valence-corrected chi connectivity index (χ1v) is 11.0. The topological polar surface area (TPSA) is 123 Å². The molecule has 3 N–H and O–H groups in total. The van der Waals surface area contributed by atoms with E-state index in [1.165, 1.54) is 10.9 Å². The second-order valence-electron chi connectivity index (χ2n) is 8.01. The first kappa shape index (κ1) is 23.6. The lowest BCUT2D eigenvalue weighted by molar-refractivity contribution is -0.139. The minimum Gasteiger partial charge on any atom is -0.480 e. The highest BCUT2D eigenvalue weighted by Crippen LogP contribution is 2.44. The number of amides is 2. The number of carbonyl (C=O) groups excluding carboxylic acids is 2. The van der Waals surface area contributed by atoms with Gasteiger partial charge < -0.3 is 15.2 Å². The highest BCUT2D eigenvalue weighted by molar-refractivity contribution is 6.02. The van der Waals surface area contributed by atoms with Gasteiger partial charge in [0.25, 0.3) is 5.91 Å². The van der Waals surface area contributed by atoms with Crippen molar-refractivity contribution in [2.45, 2.75) is 25.3 Å². The zero-order valence-corrected chi connectivity index (χ0v) is 19.2. The molecule has 35 heavy (non-hydrogen) atoms. The Labute approximate surface area is 202 Å². The van der Waals surface area contributed by atoms with E-state index in [0.29, 0.717) is 0 Å². The molecule has 1 unspecified atom stereocenters. The summed E-state index contributed by atoms with van der Waals surface area (Å²) < 4.78 is 6.87. The van der Waals surface area contributed by atoms with Crippen LogP contribution in [0.3, 0.4) is 0 Å². The molecular weight excluding hydrogens is 448 g/mol. The number of rotatable bonds is 7. The fraction of sp³-hybridized carbons (Fsp3) is 0.231. The number of aromatic nitrogens is 2. The van der Waals surface area contributed by atoms with Crippen molar-refractivity contribution in [2.24, 2.45) is 7.05 Å². The summed E-state index contributed by atoms with van der Waals surface area (Å²) in [7, 11) is 1.58. The minimum absolute atomic E-state index is 0.0560. The van der Waals surface area contributed by atoms with Crippen molar-refractivity contribution in [3.05, 3.63) is 71.5 Å². The van der Waals surface area contributed by atoms with Crippen LogP contribution in [0.4, 0.5) is 10.5 Å². The van der Waals surface area contributed by atoms with E-state index in [1.54, 1.807) is 14.0 Å². The Morgan fingerprint density at radius 1 is 1.11 bits per heavy atom. The fourth-order valence-corrected chi connectivity index (χ4v) is 4.12. The molecule has 0 fully saturated rings. The number of carboxylic acids is 1. The van der Waals surface area contributed by atoms with Gasteiger partial charge in [0.05, 0.1) is 5.69 Å². The van der Waals surface area contributed by atoms with Gasteiger partial charge >= 0.3 is 12.1 Å². The quantitative estimate of drug-likeness (QED) is 0.453. The summed E-state index contributed by atoms with van der Waals surface area (Å²) >= 11 is 0. The summed E-state index contributed by atoms with van der Waals surface area (Å²) in [5.74, 6) is 3.16. The second kappa shape index (κ2) is 10.1. The third-order valence-corrected chi connectivity index (χ3v) is 5.71. The number of nitrogens with zero attached hydrogens (tertiary/aromatic N) is 2. The van der Waals surface area contributed by atoms with Crippen LogP contribution in [-0.4, -0.2) is 45.5 Å². The first-order chi connectivity index (χ1) is 16.9. The van der Waals surface area contributed by atoms with Crippen molar-refractivity contribution in [3.63, 3.8) is 0 Å². The normalized spacial score (nSPS) is 12.5. The lowest BCUT2D eigenvalue weighted by atomic mass is 9.98. The maximum Gasteiger partial charge on any atom is 0.411 e. The number of benzene rings is 2. The average molecular weight is 473 g/mol. The van der Waals surface area contributed by atoms with Gasteiger partial charge in [-0.25, -0.2) is 9.59 Å². The van der Waals surface area contributed by atoms with Gasteiger partial charge in [-0.3, -0.25) is 14.8 Å². The molecule has 1 aliphatic rings. The molecular formula is C26H24N4O5. The molecule has 3 aromatic rings. The third kappa shape index (κ3) is 5.01. The maximum absolute atomic E-state index is 12.7. The number of ether oxygens (including phenoxy) is 1. The molecule has 0 saturated carbocycles. The summed E-state index contributed by atoms with van der Waals surface area (Å²) in [6.07, 6.45) is 0.637. The van der Waals surface area contributed by atoms with Crippen LogP contribution >= 0.6 is 0 Å².